The third-order valence-corrected chi connectivity index (χ3v) is 2.55. The van der Waals surface area contributed by atoms with E-state index in [0.29, 0.717) is 17.8 Å². The van der Waals surface area contributed by atoms with Crippen LogP contribution < -0.4 is 11.1 Å². The Kier molecular flexibility index (Phi) is 3.50. The molecule has 1 aromatic heterocycles. The van der Waals surface area contributed by atoms with Crippen LogP contribution in [0.3, 0.4) is 0 Å². The average molecular weight is 245 g/mol. The van der Waals surface area contributed by atoms with Gasteiger partial charge >= 0.3 is 0 Å². The summed E-state index contributed by atoms with van der Waals surface area (Å²) in [5, 5.41) is 7.53. The highest BCUT2D eigenvalue weighted by Crippen LogP contribution is 2.15. The molecule has 0 saturated heterocycles. The highest BCUT2D eigenvalue weighted by molar-refractivity contribution is 5.43. The van der Waals surface area contributed by atoms with Gasteiger partial charge in [-0.05, 0) is 30.5 Å². The fourth-order valence-corrected chi connectivity index (χ4v) is 1.64. The molecule has 0 spiro atoms. The van der Waals surface area contributed by atoms with Crippen molar-refractivity contribution < 1.29 is 0 Å². The van der Waals surface area contributed by atoms with Crippen molar-refractivity contribution in [2.24, 2.45) is 5.92 Å². The Balaban J connectivity index is 2.24. The molecule has 0 atom stereocenters. The number of nitrogens with one attached hydrogen (secondary N) is 1. The van der Waals surface area contributed by atoms with Gasteiger partial charge in [0.25, 0.3) is 0 Å². The monoisotopic (exact) mass is 245 g/mol. The van der Waals surface area contributed by atoms with Gasteiger partial charge < -0.3 is 11.1 Å². The number of nitrogens with two attached hydrogens (primary N) is 1. The Morgan fingerprint density at radius 1 is 1.39 bits per heavy atom. The molecule has 0 bridgehead atoms. The minimum atomic E-state index is 0.395. The first kappa shape index (κ1) is 12.4. The Morgan fingerprint density at radius 3 is 2.83 bits per heavy atom. The smallest absolute Gasteiger partial charge is 0.244 e. The fourth-order valence-electron chi connectivity index (χ4n) is 1.64. The molecule has 3 N–H and O–H groups in total. The number of anilines is 2. The quantitative estimate of drug-likeness (QED) is 0.866. The van der Waals surface area contributed by atoms with E-state index in [0.717, 1.165) is 12.2 Å². The van der Waals surface area contributed by atoms with Gasteiger partial charge in [0.1, 0.15) is 0 Å². The van der Waals surface area contributed by atoms with E-state index in [1.807, 2.05) is 31.2 Å². The zero-order valence-electron chi connectivity index (χ0n) is 11.0. The maximum absolute atomic E-state index is 5.88. The van der Waals surface area contributed by atoms with E-state index in [-0.39, 0.29) is 0 Å². The zero-order valence-corrected chi connectivity index (χ0v) is 11.0. The van der Waals surface area contributed by atoms with Crippen molar-refractivity contribution in [1.29, 1.82) is 0 Å². The molecule has 2 aromatic rings. The van der Waals surface area contributed by atoms with E-state index >= 15 is 0 Å². The van der Waals surface area contributed by atoms with Crippen LogP contribution in [0.25, 0.3) is 5.69 Å². The number of nitrogens with zero attached hydrogens (tertiary/aromatic N) is 3. The first-order valence-corrected chi connectivity index (χ1v) is 6.09. The Morgan fingerprint density at radius 2 is 2.17 bits per heavy atom. The van der Waals surface area contributed by atoms with Crippen LogP contribution in [-0.4, -0.2) is 21.3 Å². The molecule has 1 aromatic carbocycles. The predicted molar refractivity (Wildman–Crippen MR) is 73.8 cm³/mol. The summed E-state index contributed by atoms with van der Waals surface area (Å²) >= 11 is 0. The lowest BCUT2D eigenvalue weighted by atomic mass is 10.2. The SMILES string of the molecule is Cc1cccc(-n2nc(NCC(C)C)nc2N)c1. The molecule has 0 fully saturated rings. The number of aryl methyl sites for hydroxylation is 1. The molecule has 0 unspecified atom stereocenters. The molecule has 0 amide bonds. The second-order valence-corrected chi connectivity index (χ2v) is 4.82. The molecule has 0 aliphatic rings. The summed E-state index contributed by atoms with van der Waals surface area (Å²) in [4.78, 5) is 4.21. The second kappa shape index (κ2) is 5.08. The molecule has 0 aliphatic heterocycles. The van der Waals surface area contributed by atoms with Gasteiger partial charge in [0.05, 0.1) is 5.69 Å². The molecular formula is C13H19N5. The van der Waals surface area contributed by atoms with Crippen molar-refractivity contribution in [3.8, 4) is 5.69 Å². The molecule has 0 radical (unpaired) electrons. The number of nitrogen functional groups attached to an aromatic ring is 1. The minimum Gasteiger partial charge on any atom is -0.368 e. The fraction of sp³-hybridized carbons (Fsp3) is 0.385. The second-order valence-electron chi connectivity index (χ2n) is 4.82. The highest BCUT2D eigenvalue weighted by atomic mass is 15.4. The van der Waals surface area contributed by atoms with Gasteiger partial charge in [0, 0.05) is 6.54 Å². The van der Waals surface area contributed by atoms with Crippen molar-refractivity contribution in [3.05, 3.63) is 29.8 Å². The Bertz CT molecular complexity index is 530. The molecule has 1 heterocycles. The van der Waals surface area contributed by atoms with Crippen LogP contribution in [0.15, 0.2) is 24.3 Å². The molecule has 0 aliphatic carbocycles. The third kappa shape index (κ3) is 2.80. The Hall–Kier alpha value is -2.04. The van der Waals surface area contributed by atoms with Gasteiger partial charge in [-0.2, -0.15) is 9.67 Å². The summed E-state index contributed by atoms with van der Waals surface area (Å²) in [6, 6.07) is 8.00. The van der Waals surface area contributed by atoms with Crippen molar-refractivity contribution in [2.45, 2.75) is 20.8 Å². The maximum Gasteiger partial charge on any atom is 0.244 e. The molecule has 18 heavy (non-hydrogen) atoms. The molecule has 0 saturated carbocycles. The van der Waals surface area contributed by atoms with Gasteiger partial charge in [-0.25, -0.2) is 0 Å². The summed E-state index contributed by atoms with van der Waals surface area (Å²) in [5.74, 6) is 1.51. The van der Waals surface area contributed by atoms with Crippen LogP contribution in [0, 0.1) is 12.8 Å². The number of rotatable bonds is 4. The summed E-state index contributed by atoms with van der Waals surface area (Å²) in [7, 11) is 0. The van der Waals surface area contributed by atoms with Gasteiger partial charge in [-0.1, -0.05) is 26.0 Å². The standard InChI is InChI=1S/C13H19N5/c1-9(2)8-15-13-16-12(14)18(17-13)11-6-4-5-10(3)7-11/h4-7,9H,8H2,1-3H3,(H3,14,15,16,17). The van der Waals surface area contributed by atoms with Crippen LogP contribution in [0.4, 0.5) is 11.9 Å². The van der Waals surface area contributed by atoms with Crippen molar-refractivity contribution in [3.63, 3.8) is 0 Å². The van der Waals surface area contributed by atoms with Gasteiger partial charge in [0.15, 0.2) is 0 Å². The number of hydrogen-bond acceptors (Lipinski definition) is 4. The van der Waals surface area contributed by atoms with E-state index in [9.17, 15) is 0 Å². The molecule has 5 nitrogen and oxygen atoms in total. The van der Waals surface area contributed by atoms with Gasteiger partial charge in [-0.15, -0.1) is 5.10 Å². The van der Waals surface area contributed by atoms with Crippen molar-refractivity contribution >= 4 is 11.9 Å². The summed E-state index contributed by atoms with van der Waals surface area (Å²) < 4.78 is 1.65. The topological polar surface area (TPSA) is 68.8 Å². The van der Waals surface area contributed by atoms with E-state index in [2.05, 4.69) is 29.2 Å². The summed E-state index contributed by atoms with van der Waals surface area (Å²) in [6.45, 7) is 7.13. The van der Waals surface area contributed by atoms with Crippen LogP contribution in [0.1, 0.15) is 19.4 Å². The molecule has 96 valence electrons. The predicted octanol–water partition coefficient (Wildman–Crippen LogP) is 2.23. The molecule has 5 heteroatoms. The lowest BCUT2D eigenvalue weighted by Crippen LogP contribution is -2.09. The lowest BCUT2D eigenvalue weighted by molar-refractivity contribution is 0.684. The average Bonchev–Trinajstić information content (AvgIpc) is 2.68. The number of hydrogen-bond donors (Lipinski definition) is 2. The zero-order chi connectivity index (χ0) is 13.1. The highest BCUT2D eigenvalue weighted by Gasteiger charge is 2.08. The minimum absolute atomic E-state index is 0.395. The summed E-state index contributed by atoms with van der Waals surface area (Å²) in [5.41, 5.74) is 7.97. The van der Waals surface area contributed by atoms with Crippen LogP contribution >= 0.6 is 0 Å². The van der Waals surface area contributed by atoms with Gasteiger partial charge in [0.2, 0.25) is 11.9 Å². The first-order chi connectivity index (χ1) is 8.56. The molecular weight excluding hydrogens is 226 g/mol. The lowest BCUT2D eigenvalue weighted by Gasteiger charge is -2.04. The van der Waals surface area contributed by atoms with E-state index < -0.39 is 0 Å². The van der Waals surface area contributed by atoms with Crippen LogP contribution in [-0.2, 0) is 0 Å². The number of benzene rings is 1. The number of aromatic nitrogens is 3. The largest absolute Gasteiger partial charge is 0.368 e. The van der Waals surface area contributed by atoms with Crippen LogP contribution in [0.2, 0.25) is 0 Å². The van der Waals surface area contributed by atoms with Gasteiger partial charge in [-0.3, -0.25) is 0 Å². The maximum atomic E-state index is 5.88. The van der Waals surface area contributed by atoms with E-state index in [1.165, 1.54) is 5.56 Å². The first-order valence-electron chi connectivity index (χ1n) is 6.09. The van der Waals surface area contributed by atoms with Crippen molar-refractivity contribution in [1.82, 2.24) is 14.8 Å². The van der Waals surface area contributed by atoms with Crippen molar-refractivity contribution in [2.75, 3.05) is 17.6 Å². The van der Waals surface area contributed by atoms with Crippen LogP contribution in [0.5, 0.6) is 0 Å². The van der Waals surface area contributed by atoms with E-state index in [1.54, 1.807) is 4.68 Å². The normalized spacial score (nSPS) is 10.9. The van der Waals surface area contributed by atoms with E-state index in [4.69, 9.17) is 5.73 Å². The third-order valence-electron chi connectivity index (χ3n) is 2.55. The molecule has 2 rings (SSSR count). The Labute approximate surface area is 107 Å². The summed E-state index contributed by atoms with van der Waals surface area (Å²) in [6.07, 6.45) is 0.